The molecule has 1 aromatic rings. The molecule has 0 saturated carbocycles. The van der Waals surface area contributed by atoms with Gasteiger partial charge in [0.15, 0.2) is 0 Å². The van der Waals surface area contributed by atoms with E-state index < -0.39 is 0 Å². The van der Waals surface area contributed by atoms with Crippen LogP contribution in [0.15, 0.2) is 22.7 Å². The van der Waals surface area contributed by atoms with Gasteiger partial charge in [-0.2, -0.15) is 0 Å². The number of rotatable bonds is 2. The summed E-state index contributed by atoms with van der Waals surface area (Å²) in [5.74, 6) is 0.0585. The first-order valence-electron chi connectivity index (χ1n) is 5.31. The van der Waals surface area contributed by atoms with E-state index in [2.05, 4.69) is 21.2 Å². The number of amides is 1. The standard InChI is InChI=1S/C12H14BrNO2/c1-8-6-10(2-3-11(8)13)14-12(15)9-4-5-16-7-9/h2-3,6,9H,4-5,7H2,1H3,(H,14,15). The van der Waals surface area contributed by atoms with Crippen LogP contribution in [0, 0.1) is 12.8 Å². The summed E-state index contributed by atoms with van der Waals surface area (Å²) in [5, 5.41) is 2.91. The zero-order chi connectivity index (χ0) is 11.5. The van der Waals surface area contributed by atoms with Crippen molar-refractivity contribution in [1.29, 1.82) is 0 Å². The van der Waals surface area contributed by atoms with E-state index in [1.807, 2.05) is 25.1 Å². The van der Waals surface area contributed by atoms with E-state index >= 15 is 0 Å². The molecule has 0 spiro atoms. The first-order valence-corrected chi connectivity index (χ1v) is 6.11. The maximum Gasteiger partial charge on any atom is 0.229 e. The number of carbonyl (C=O) groups excluding carboxylic acids is 1. The number of ether oxygens (including phenoxy) is 1. The van der Waals surface area contributed by atoms with Gasteiger partial charge in [-0.3, -0.25) is 4.79 Å². The number of halogens is 1. The first-order chi connectivity index (χ1) is 7.66. The lowest BCUT2D eigenvalue weighted by molar-refractivity contribution is -0.119. The molecular weight excluding hydrogens is 270 g/mol. The topological polar surface area (TPSA) is 38.3 Å². The molecule has 1 aromatic carbocycles. The Kier molecular flexibility index (Phi) is 3.61. The van der Waals surface area contributed by atoms with Crippen molar-refractivity contribution in [2.75, 3.05) is 18.5 Å². The zero-order valence-electron chi connectivity index (χ0n) is 9.13. The minimum Gasteiger partial charge on any atom is -0.381 e. The van der Waals surface area contributed by atoms with Crippen LogP contribution in [0.1, 0.15) is 12.0 Å². The van der Waals surface area contributed by atoms with Crippen LogP contribution in [-0.4, -0.2) is 19.1 Å². The number of hydrogen-bond donors (Lipinski definition) is 1. The second-order valence-corrected chi connectivity index (χ2v) is 4.87. The highest BCUT2D eigenvalue weighted by molar-refractivity contribution is 9.10. The van der Waals surface area contributed by atoms with Gasteiger partial charge >= 0.3 is 0 Å². The van der Waals surface area contributed by atoms with Gasteiger partial charge in [-0.05, 0) is 37.1 Å². The Morgan fingerprint density at radius 2 is 2.38 bits per heavy atom. The molecule has 1 heterocycles. The number of anilines is 1. The van der Waals surface area contributed by atoms with Gasteiger partial charge in [0.2, 0.25) is 5.91 Å². The molecule has 0 aliphatic carbocycles. The molecule has 1 aliphatic heterocycles. The summed E-state index contributed by atoms with van der Waals surface area (Å²) in [6, 6.07) is 5.79. The van der Waals surface area contributed by atoms with E-state index in [4.69, 9.17) is 4.74 Å². The van der Waals surface area contributed by atoms with Gasteiger partial charge in [-0.25, -0.2) is 0 Å². The first kappa shape index (κ1) is 11.6. The van der Waals surface area contributed by atoms with Crippen molar-refractivity contribution in [3.63, 3.8) is 0 Å². The molecule has 2 rings (SSSR count). The third kappa shape index (κ3) is 2.62. The molecule has 1 atom stereocenters. The number of carbonyl (C=O) groups is 1. The molecule has 16 heavy (non-hydrogen) atoms. The summed E-state index contributed by atoms with van der Waals surface area (Å²) >= 11 is 3.43. The summed E-state index contributed by atoms with van der Waals surface area (Å²) in [6.07, 6.45) is 0.821. The molecule has 1 N–H and O–H groups in total. The summed E-state index contributed by atoms with van der Waals surface area (Å²) in [4.78, 5) is 11.8. The van der Waals surface area contributed by atoms with E-state index in [9.17, 15) is 4.79 Å². The Morgan fingerprint density at radius 1 is 1.56 bits per heavy atom. The van der Waals surface area contributed by atoms with Crippen molar-refractivity contribution in [2.24, 2.45) is 5.92 Å². The number of hydrogen-bond acceptors (Lipinski definition) is 2. The number of aryl methyl sites for hydroxylation is 1. The van der Waals surface area contributed by atoms with Crippen molar-refractivity contribution < 1.29 is 9.53 Å². The molecule has 0 radical (unpaired) electrons. The van der Waals surface area contributed by atoms with Crippen LogP contribution in [0.5, 0.6) is 0 Å². The van der Waals surface area contributed by atoms with Gasteiger partial charge < -0.3 is 10.1 Å². The minimum atomic E-state index is 0.00366. The Labute approximate surface area is 103 Å². The van der Waals surface area contributed by atoms with E-state index in [0.29, 0.717) is 13.2 Å². The zero-order valence-corrected chi connectivity index (χ0v) is 10.7. The van der Waals surface area contributed by atoms with E-state index in [1.54, 1.807) is 0 Å². The fourth-order valence-corrected chi connectivity index (χ4v) is 1.95. The molecule has 3 nitrogen and oxygen atoms in total. The van der Waals surface area contributed by atoms with Crippen LogP contribution in [0.4, 0.5) is 5.69 Å². The second kappa shape index (κ2) is 4.97. The summed E-state index contributed by atoms with van der Waals surface area (Å²) in [5.41, 5.74) is 1.96. The normalized spacial score (nSPS) is 19.8. The third-order valence-electron chi connectivity index (χ3n) is 2.73. The Balaban J connectivity index is 2.02. The van der Waals surface area contributed by atoms with Gasteiger partial charge in [-0.1, -0.05) is 15.9 Å². The molecule has 4 heteroatoms. The Morgan fingerprint density at radius 3 is 3.00 bits per heavy atom. The maximum atomic E-state index is 11.8. The predicted octanol–water partition coefficient (Wildman–Crippen LogP) is 2.73. The quantitative estimate of drug-likeness (QED) is 0.906. The van der Waals surface area contributed by atoms with Crippen LogP contribution < -0.4 is 5.32 Å². The van der Waals surface area contributed by atoms with Gasteiger partial charge in [0.25, 0.3) is 0 Å². The van der Waals surface area contributed by atoms with E-state index in [1.165, 1.54) is 0 Å². The van der Waals surface area contributed by atoms with E-state index in [-0.39, 0.29) is 11.8 Å². The van der Waals surface area contributed by atoms with Crippen molar-refractivity contribution in [3.8, 4) is 0 Å². The van der Waals surface area contributed by atoms with Crippen LogP contribution in [0.3, 0.4) is 0 Å². The number of nitrogens with one attached hydrogen (secondary N) is 1. The van der Waals surface area contributed by atoms with Crippen molar-refractivity contribution in [1.82, 2.24) is 0 Å². The average Bonchev–Trinajstić information content (AvgIpc) is 2.77. The van der Waals surface area contributed by atoms with Gasteiger partial charge in [0.1, 0.15) is 0 Å². The van der Waals surface area contributed by atoms with Crippen LogP contribution in [-0.2, 0) is 9.53 Å². The lowest BCUT2D eigenvalue weighted by Gasteiger charge is -2.10. The highest BCUT2D eigenvalue weighted by Gasteiger charge is 2.23. The summed E-state index contributed by atoms with van der Waals surface area (Å²) in [7, 11) is 0. The largest absolute Gasteiger partial charge is 0.381 e. The highest BCUT2D eigenvalue weighted by Crippen LogP contribution is 2.21. The van der Waals surface area contributed by atoms with Gasteiger partial charge in [-0.15, -0.1) is 0 Å². The van der Waals surface area contributed by atoms with Crippen LogP contribution >= 0.6 is 15.9 Å². The Hall–Kier alpha value is -0.870. The van der Waals surface area contributed by atoms with Gasteiger partial charge in [0, 0.05) is 16.8 Å². The number of benzene rings is 1. The van der Waals surface area contributed by atoms with Gasteiger partial charge in [0.05, 0.1) is 12.5 Å². The predicted molar refractivity (Wildman–Crippen MR) is 66.4 cm³/mol. The lowest BCUT2D eigenvalue weighted by Crippen LogP contribution is -2.22. The molecule has 0 bridgehead atoms. The fourth-order valence-electron chi connectivity index (χ4n) is 1.71. The SMILES string of the molecule is Cc1cc(NC(=O)C2CCOC2)ccc1Br. The molecular formula is C12H14BrNO2. The molecule has 1 aliphatic rings. The Bertz CT molecular complexity index is 400. The van der Waals surface area contributed by atoms with Crippen LogP contribution in [0.2, 0.25) is 0 Å². The smallest absolute Gasteiger partial charge is 0.229 e. The van der Waals surface area contributed by atoms with Crippen molar-refractivity contribution in [3.05, 3.63) is 28.2 Å². The molecule has 1 amide bonds. The summed E-state index contributed by atoms with van der Waals surface area (Å²) in [6.45, 7) is 3.23. The lowest BCUT2D eigenvalue weighted by atomic mass is 10.1. The molecule has 1 unspecified atom stereocenters. The molecule has 1 saturated heterocycles. The second-order valence-electron chi connectivity index (χ2n) is 4.01. The third-order valence-corrected chi connectivity index (χ3v) is 3.62. The average molecular weight is 284 g/mol. The minimum absolute atomic E-state index is 0.00366. The summed E-state index contributed by atoms with van der Waals surface area (Å²) < 4.78 is 6.24. The van der Waals surface area contributed by atoms with Crippen molar-refractivity contribution >= 4 is 27.5 Å². The maximum absolute atomic E-state index is 11.8. The fraction of sp³-hybridized carbons (Fsp3) is 0.417. The van der Waals surface area contributed by atoms with E-state index in [0.717, 1.165) is 22.1 Å². The molecule has 1 fully saturated rings. The molecule has 0 aromatic heterocycles. The monoisotopic (exact) mass is 283 g/mol. The highest BCUT2D eigenvalue weighted by atomic mass is 79.9. The van der Waals surface area contributed by atoms with Crippen LogP contribution in [0.25, 0.3) is 0 Å². The molecule has 86 valence electrons. The van der Waals surface area contributed by atoms with Crippen molar-refractivity contribution in [2.45, 2.75) is 13.3 Å².